The Morgan fingerprint density at radius 1 is 1.53 bits per heavy atom. The third-order valence-electron chi connectivity index (χ3n) is 2.70. The number of hydrogen-bond donors (Lipinski definition) is 1. The van der Waals surface area contributed by atoms with Gasteiger partial charge in [-0.3, -0.25) is 4.90 Å². The topological polar surface area (TPSA) is 49.8 Å². The van der Waals surface area contributed by atoms with Gasteiger partial charge in [-0.2, -0.15) is 0 Å². The first-order valence-electron chi connectivity index (χ1n) is 4.84. The standard InChI is InChI=1S/C11H13NO3/c1-15-10-9-5-3-2-4-8(9)6-7-12(10)11(13)14/h2-5,10H,6-7H2,1H3,(H,13,14). The highest BCUT2D eigenvalue weighted by molar-refractivity contribution is 5.66. The molecule has 80 valence electrons. The lowest BCUT2D eigenvalue weighted by molar-refractivity contribution is -0.0292. The largest absolute Gasteiger partial charge is 0.465 e. The van der Waals surface area contributed by atoms with Gasteiger partial charge in [0.25, 0.3) is 0 Å². The van der Waals surface area contributed by atoms with Gasteiger partial charge < -0.3 is 9.84 Å². The lowest BCUT2D eigenvalue weighted by atomic mass is 9.98. The van der Waals surface area contributed by atoms with Crippen molar-refractivity contribution in [1.82, 2.24) is 4.90 Å². The molecule has 1 atom stereocenters. The van der Waals surface area contributed by atoms with Gasteiger partial charge in [-0.25, -0.2) is 4.79 Å². The maximum absolute atomic E-state index is 11.0. The molecule has 4 heteroatoms. The first-order chi connectivity index (χ1) is 7.24. The van der Waals surface area contributed by atoms with Crippen molar-refractivity contribution in [1.29, 1.82) is 0 Å². The summed E-state index contributed by atoms with van der Waals surface area (Å²) < 4.78 is 5.24. The van der Waals surface area contributed by atoms with E-state index in [9.17, 15) is 4.79 Å². The smallest absolute Gasteiger partial charge is 0.409 e. The zero-order valence-corrected chi connectivity index (χ0v) is 8.51. The van der Waals surface area contributed by atoms with Crippen molar-refractivity contribution in [2.45, 2.75) is 12.6 Å². The zero-order valence-electron chi connectivity index (χ0n) is 8.51. The molecule has 1 aliphatic rings. The van der Waals surface area contributed by atoms with Crippen molar-refractivity contribution in [3.63, 3.8) is 0 Å². The van der Waals surface area contributed by atoms with Gasteiger partial charge in [-0.05, 0) is 12.0 Å². The Labute approximate surface area is 88.1 Å². The zero-order chi connectivity index (χ0) is 10.8. The van der Waals surface area contributed by atoms with E-state index in [1.54, 1.807) is 0 Å². The molecule has 0 spiro atoms. The van der Waals surface area contributed by atoms with E-state index in [-0.39, 0.29) is 0 Å². The predicted octanol–water partition coefficient (Wildman–Crippen LogP) is 1.87. The van der Waals surface area contributed by atoms with Crippen LogP contribution in [0.3, 0.4) is 0 Å². The Morgan fingerprint density at radius 2 is 2.27 bits per heavy atom. The van der Waals surface area contributed by atoms with Gasteiger partial charge in [0.05, 0.1) is 0 Å². The van der Waals surface area contributed by atoms with Crippen LogP contribution in [0.1, 0.15) is 17.4 Å². The second kappa shape index (κ2) is 3.90. The molecule has 0 saturated carbocycles. The molecular formula is C11H13NO3. The molecule has 0 bridgehead atoms. The van der Waals surface area contributed by atoms with Crippen molar-refractivity contribution < 1.29 is 14.6 Å². The molecule has 1 aromatic carbocycles. The Hall–Kier alpha value is -1.55. The van der Waals surface area contributed by atoms with Gasteiger partial charge in [0.1, 0.15) is 0 Å². The monoisotopic (exact) mass is 207 g/mol. The van der Waals surface area contributed by atoms with E-state index in [0.717, 1.165) is 12.0 Å². The molecule has 1 N–H and O–H groups in total. The maximum Gasteiger partial charge on any atom is 0.409 e. The third-order valence-corrected chi connectivity index (χ3v) is 2.70. The van der Waals surface area contributed by atoms with E-state index in [2.05, 4.69) is 0 Å². The molecule has 4 nitrogen and oxygen atoms in total. The fourth-order valence-corrected chi connectivity index (χ4v) is 1.98. The average Bonchev–Trinajstić information content (AvgIpc) is 2.27. The highest BCUT2D eigenvalue weighted by Crippen LogP contribution is 2.29. The summed E-state index contributed by atoms with van der Waals surface area (Å²) in [7, 11) is 1.53. The van der Waals surface area contributed by atoms with Crippen LogP contribution >= 0.6 is 0 Å². The summed E-state index contributed by atoms with van der Waals surface area (Å²) in [6.07, 6.45) is -0.647. The van der Waals surface area contributed by atoms with Crippen LogP contribution in [-0.4, -0.2) is 29.8 Å². The number of amides is 1. The lowest BCUT2D eigenvalue weighted by Gasteiger charge is -2.34. The number of nitrogens with zero attached hydrogens (tertiary/aromatic N) is 1. The van der Waals surface area contributed by atoms with Crippen LogP contribution in [-0.2, 0) is 11.2 Å². The van der Waals surface area contributed by atoms with Crippen LogP contribution in [0.5, 0.6) is 0 Å². The molecule has 0 fully saturated rings. The molecule has 0 aliphatic carbocycles. The first-order valence-corrected chi connectivity index (χ1v) is 4.84. The first kappa shape index (κ1) is 9.98. The summed E-state index contributed by atoms with van der Waals surface area (Å²) >= 11 is 0. The number of benzene rings is 1. The second-order valence-corrected chi connectivity index (χ2v) is 3.51. The summed E-state index contributed by atoms with van der Waals surface area (Å²) in [5.41, 5.74) is 2.12. The summed E-state index contributed by atoms with van der Waals surface area (Å²) in [5.74, 6) is 0. The van der Waals surface area contributed by atoms with Crippen LogP contribution in [0, 0.1) is 0 Å². The van der Waals surface area contributed by atoms with Gasteiger partial charge in [0, 0.05) is 19.2 Å². The van der Waals surface area contributed by atoms with Crippen molar-refractivity contribution in [2.24, 2.45) is 0 Å². The minimum atomic E-state index is -0.934. The quantitative estimate of drug-likeness (QED) is 0.764. The highest BCUT2D eigenvalue weighted by Gasteiger charge is 2.30. The van der Waals surface area contributed by atoms with E-state index < -0.39 is 12.3 Å². The average molecular weight is 207 g/mol. The molecule has 0 radical (unpaired) electrons. The molecule has 1 aromatic rings. The van der Waals surface area contributed by atoms with Crippen molar-refractivity contribution in [3.8, 4) is 0 Å². The van der Waals surface area contributed by atoms with Crippen LogP contribution < -0.4 is 0 Å². The normalized spacial score (nSPS) is 19.8. The Kier molecular flexibility index (Phi) is 2.60. The van der Waals surface area contributed by atoms with Crippen LogP contribution in [0.2, 0.25) is 0 Å². The van der Waals surface area contributed by atoms with Gasteiger partial charge in [-0.15, -0.1) is 0 Å². The number of methoxy groups -OCH3 is 1. The molecule has 1 aliphatic heterocycles. The van der Waals surface area contributed by atoms with Crippen LogP contribution in [0.25, 0.3) is 0 Å². The fraction of sp³-hybridized carbons (Fsp3) is 0.364. The molecule has 15 heavy (non-hydrogen) atoms. The molecule has 1 heterocycles. The molecule has 1 amide bonds. The predicted molar refractivity (Wildman–Crippen MR) is 54.6 cm³/mol. The minimum Gasteiger partial charge on any atom is -0.465 e. The number of carboxylic acid groups (broad SMARTS) is 1. The van der Waals surface area contributed by atoms with Crippen LogP contribution in [0.4, 0.5) is 4.79 Å². The number of ether oxygens (including phenoxy) is 1. The Balaban J connectivity index is 2.38. The van der Waals surface area contributed by atoms with E-state index >= 15 is 0 Å². The second-order valence-electron chi connectivity index (χ2n) is 3.51. The molecule has 2 rings (SSSR count). The highest BCUT2D eigenvalue weighted by atomic mass is 16.5. The molecule has 1 unspecified atom stereocenters. The Morgan fingerprint density at radius 3 is 2.93 bits per heavy atom. The van der Waals surface area contributed by atoms with E-state index in [0.29, 0.717) is 6.54 Å². The minimum absolute atomic E-state index is 0.465. The van der Waals surface area contributed by atoms with E-state index in [1.165, 1.54) is 17.6 Å². The summed E-state index contributed by atoms with van der Waals surface area (Å²) in [6.45, 7) is 0.491. The van der Waals surface area contributed by atoms with Crippen LogP contribution in [0.15, 0.2) is 24.3 Å². The number of carbonyl (C=O) groups is 1. The SMILES string of the molecule is COC1c2ccccc2CCN1C(=O)O. The summed E-state index contributed by atoms with van der Waals surface area (Å²) in [4.78, 5) is 12.3. The molecule has 0 aromatic heterocycles. The maximum atomic E-state index is 11.0. The summed E-state index contributed by atoms with van der Waals surface area (Å²) in [6, 6.07) is 7.79. The third kappa shape index (κ3) is 1.68. The lowest BCUT2D eigenvalue weighted by Crippen LogP contribution is -2.39. The van der Waals surface area contributed by atoms with Gasteiger partial charge in [0.2, 0.25) is 0 Å². The van der Waals surface area contributed by atoms with E-state index in [1.807, 2.05) is 24.3 Å². The van der Waals surface area contributed by atoms with E-state index in [4.69, 9.17) is 9.84 Å². The number of rotatable bonds is 1. The number of hydrogen-bond acceptors (Lipinski definition) is 2. The van der Waals surface area contributed by atoms with Crippen molar-refractivity contribution in [2.75, 3.05) is 13.7 Å². The molecule has 0 saturated heterocycles. The number of fused-ring (bicyclic) bond motifs is 1. The Bertz CT molecular complexity index is 378. The van der Waals surface area contributed by atoms with Crippen molar-refractivity contribution >= 4 is 6.09 Å². The van der Waals surface area contributed by atoms with Gasteiger partial charge >= 0.3 is 6.09 Å². The molecular weight excluding hydrogens is 194 g/mol. The van der Waals surface area contributed by atoms with Gasteiger partial charge in [-0.1, -0.05) is 24.3 Å². The fourth-order valence-electron chi connectivity index (χ4n) is 1.98. The summed E-state index contributed by atoms with van der Waals surface area (Å²) in [5, 5.41) is 9.01. The van der Waals surface area contributed by atoms with Gasteiger partial charge in [0.15, 0.2) is 6.23 Å². The van der Waals surface area contributed by atoms with Crippen molar-refractivity contribution in [3.05, 3.63) is 35.4 Å².